The number of rotatable bonds is 2. The third-order valence-electron chi connectivity index (χ3n) is 6.46. The van der Waals surface area contributed by atoms with Crippen LogP contribution in [0.25, 0.3) is 60.4 Å². The molecule has 0 aliphatic heterocycles. The van der Waals surface area contributed by atoms with E-state index < -0.39 is 0 Å². The van der Waals surface area contributed by atoms with Crippen LogP contribution in [0.5, 0.6) is 0 Å². The van der Waals surface area contributed by atoms with E-state index in [0.717, 1.165) is 38.9 Å². The maximum absolute atomic E-state index is 5.03. The summed E-state index contributed by atoms with van der Waals surface area (Å²) in [6, 6.07) is 36.3. The number of pyridine rings is 2. The van der Waals surface area contributed by atoms with Gasteiger partial charge < -0.3 is 0 Å². The predicted molar refractivity (Wildman–Crippen MR) is 137 cm³/mol. The largest absolute Gasteiger partial charge is 0.294 e. The molecule has 154 valence electrons. The van der Waals surface area contributed by atoms with Crippen LogP contribution < -0.4 is 0 Å². The van der Waals surface area contributed by atoms with Gasteiger partial charge in [0.15, 0.2) is 0 Å². The summed E-state index contributed by atoms with van der Waals surface area (Å²) in [5.41, 5.74) is 5.59. The van der Waals surface area contributed by atoms with Crippen LogP contribution in [0.15, 0.2) is 116 Å². The molecule has 0 bridgehead atoms. The van der Waals surface area contributed by atoms with E-state index in [2.05, 4.69) is 101 Å². The van der Waals surface area contributed by atoms with Crippen molar-refractivity contribution in [3.8, 4) is 16.9 Å². The second-order valence-electron chi connectivity index (χ2n) is 8.35. The summed E-state index contributed by atoms with van der Waals surface area (Å²) in [4.78, 5) is 9.35. The maximum Gasteiger partial charge on any atom is 0.138 e. The lowest BCUT2D eigenvalue weighted by molar-refractivity contribution is 1.10. The SMILES string of the molecule is c1cncc(-c2ccc3c(c2)c2c4ccccc4ccc2n3-c2ccc3ccccc3n2)c1. The van der Waals surface area contributed by atoms with Crippen molar-refractivity contribution in [2.75, 3.05) is 0 Å². The minimum absolute atomic E-state index is 0.929. The number of nitrogens with zero attached hydrogens (tertiary/aromatic N) is 3. The molecule has 0 fully saturated rings. The average Bonchev–Trinajstić information content (AvgIpc) is 3.23. The highest BCUT2D eigenvalue weighted by atomic mass is 15.1. The van der Waals surface area contributed by atoms with Crippen molar-refractivity contribution in [1.29, 1.82) is 0 Å². The van der Waals surface area contributed by atoms with E-state index in [1.165, 1.54) is 21.5 Å². The third-order valence-corrected chi connectivity index (χ3v) is 6.46. The van der Waals surface area contributed by atoms with E-state index in [-0.39, 0.29) is 0 Å². The van der Waals surface area contributed by atoms with Gasteiger partial charge in [0.25, 0.3) is 0 Å². The molecule has 0 N–H and O–H groups in total. The van der Waals surface area contributed by atoms with Crippen LogP contribution >= 0.6 is 0 Å². The fourth-order valence-corrected chi connectivity index (χ4v) is 4.93. The van der Waals surface area contributed by atoms with E-state index in [1.54, 1.807) is 0 Å². The first-order valence-electron chi connectivity index (χ1n) is 11.1. The van der Waals surface area contributed by atoms with Crippen LogP contribution in [0, 0.1) is 0 Å². The fourth-order valence-electron chi connectivity index (χ4n) is 4.93. The third kappa shape index (κ3) is 2.76. The molecule has 3 heteroatoms. The number of fused-ring (bicyclic) bond motifs is 6. The molecule has 0 amide bonds. The molecule has 0 saturated carbocycles. The van der Waals surface area contributed by atoms with Crippen molar-refractivity contribution >= 4 is 43.5 Å². The zero-order chi connectivity index (χ0) is 21.8. The van der Waals surface area contributed by atoms with E-state index in [1.807, 2.05) is 24.5 Å². The average molecular weight is 422 g/mol. The topological polar surface area (TPSA) is 30.7 Å². The second-order valence-corrected chi connectivity index (χ2v) is 8.35. The lowest BCUT2D eigenvalue weighted by Gasteiger charge is -2.09. The molecule has 0 radical (unpaired) electrons. The molecular formula is C30H19N3. The predicted octanol–water partition coefficient (Wildman–Crippen LogP) is 7.55. The number of para-hydroxylation sites is 1. The second kappa shape index (κ2) is 7.01. The first kappa shape index (κ1) is 18.1. The Morgan fingerprint density at radius 2 is 1.39 bits per heavy atom. The van der Waals surface area contributed by atoms with Crippen molar-refractivity contribution in [3.63, 3.8) is 0 Å². The van der Waals surface area contributed by atoms with Crippen LogP contribution in [0.2, 0.25) is 0 Å². The molecule has 33 heavy (non-hydrogen) atoms. The van der Waals surface area contributed by atoms with Gasteiger partial charge in [-0.1, -0.05) is 60.7 Å². The van der Waals surface area contributed by atoms with Gasteiger partial charge in [0.2, 0.25) is 0 Å². The van der Waals surface area contributed by atoms with Gasteiger partial charge in [-0.2, -0.15) is 0 Å². The van der Waals surface area contributed by atoms with Crippen LogP contribution in [0.3, 0.4) is 0 Å². The van der Waals surface area contributed by atoms with Gasteiger partial charge in [0, 0.05) is 34.1 Å². The van der Waals surface area contributed by atoms with E-state index >= 15 is 0 Å². The Morgan fingerprint density at radius 1 is 0.576 bits per heavy atom. The summed E-state index contributed by atoms with van der Waals surface area (Å²) in [5, 5.41) is 6.11. The van der Waals surface area contributed by atoms with Gasteiger partial charge in [-0.15, -0.1) is 0 Å². The molecule has 0 spiro atoms. The lowest BCUT2D eigenvalue weighted by Crippen LogP contribution is -1.97. The van der Waals surface area contributed by atoms with E-state index in [9.17, 15) is 0 Å². The zero-order valence-electron chi connectivity index (χ0n) is 17.8. The van der Waals surface area contributed by atoms with Gasteiger partial charge in [0.1, 0.15) is 5.82 Å². The van der Waals surface area contributed by atoms with Crippen molar-refractivity contribution < 1.29 is 0 Å². The minimum atomic E-state index is 0.929. The first-order chi connectivity index (χ1) is 16.4. The molecule has 0 atom stereocenters. The molecule has 3 nitrogen and oxygen atoms in total. The molecule has 7 aromatic rings. The Kier molecular flexibility index (Phi) is 3.84. The highest BCUT2D eigenvalue weighted by Gasteiger charge is 2.16. The molecule has 7 rings (SSSR count). The molecule has 4 aromatic carbocycles. The zero-order valence-corrected chi connectivity index (χ0v) is 17.8. The summed E-state index contributed by atoms with van der Waals surface area (Å²) in [6.45, 7) is 0. The standard InChI is InChI=1S/C30H19N3/c1-3-9-24-20(6-1)11-15-28-30(24)25-18-22(23-8-5-17-31-19-23)12-14-27(25)33(28)29-16-13-21-7-2-4-10-26(21)32-29/h1-19H. The Hall–Kier alpha value is -4.50. The van der Waals surface area contributed by atoms with E-state index in [4.69, 9.17) is 4.98 Å². The van der Waals surface area contributed by atoms with Crippen LogP contribution in [0.1, 0.15) is 0 Å². The van der Waals surface area contributed by atoms with Gasteiger partial charge in [-0.3, -0.25) is 9.55 Å². The Balaban J connectivity index is 1.62. The minimum Gasteiger partial charge on any atom is -0.294 e. The number of benzene rings is 4. The van der Waals surface area contributed by atoms with Crippen molar-refractivity contribution in [2.24, 2.45) is 0 Å². The van der Waals surface area contributed by atoms with Gasteiger partial charge in [0.05, 0.1) is 16.6 Å². The molecule has 0 saturated heterocycles. The van der Waals surface area contributed by atoms with Crippen molar-refractivity contribution in [3.05, 3.63) is 116 Å². The highest BCUT2D eigenvalue weighted by molar-refractivity contribution is 6.21. The summed E-state index contributed by atoms with van der Waals surface area (Å²) in [7, 11) is 0. The van der Waals surface area contributed by atoms with Crippen molar-refractivity contribution in [2.45, 2.75) is 0 Å². The lowest BCUT2D eigenvalue weighted by atomic mass is 10.0. The molecule has 0 aliphatic rings. The summed E-state index contributed by atoms with van der Waals surface area (Å²) in [6.07, 6.45) is 3.73. The Morgan fingerprint density at radius 3 is 2.30 bits per heavy atom. The normalized spacial score (nSPS) is 11.6. The monoisotopic (exact) mass is 421 g/mol. The Labute approximate surface area is 190 Å². The van der Waals surface area contributed by atoms with E-state index in [0.29, 0.717) is 0 Å². The van der Waals surface area contributed by atoms with Gasteiger partial charge >= 0.3 is 0 Å². The summed E-state index contributed by atoms with van der Waals surface area (Å²) < 4.78 is 2.29. The van der Waals surface area contributed by atoms with Crippen molar-refractivity contribution in [1.82, 2.24) is 14.5 Å². The van der Waals surface area contributed by atoms with Crippen LogP contribution in [-0.2, 0) is 0 Å². The smallest absolute Gasteiger partial charge is 0.138 e. The van der Waals surface area contributed by atoms with Crippen LogP contribution in [0.4, 0.5) is 0 Å². The quantitative estimate of drug-likeness (QED) is 0.289. The summed E-state index contributed by atoms with van der Waals surface area (Å²) >= 11 is 0. The fraction of sp³-hybridized carbons (Fsp3) is 0. The molecule has 3 aromatic heterocycles. The maximum atomic E-state index is 5.03. The van der Waals surface area contributed by atoms with Gasteiger partial charge in [-0.25, -0.2) is 4.98 Å². The molecule has 3 heterocycles. The molecule has 0 aliphatic carbocycles. The summed E-state index contributed by atoms with van der Waals surface area (Å²) in [5.74, 6) is 0.929. The Bertz CT molecular complexity index is 1810. The number of hydrogen-bond acceptors (Lipinski definition) is 2. The number of hydrogen-bond donors (Lipinski definition) is 0. The first-order valence-corrected chi connectivity index (χ1v) is 11.1. The highest BCUT2D eigenvalue weighted by Crippen LogP contribution is 2.38. The molecular weight excluding hydrogens is 402 g/mol. The van der Waals surface area contributed by atoms with Gasteiger partial charge in [-0.05, 0) is 58.8 Å². The molecule has 0 unspecified atom stereocenters. The van der Waals surface area contributed by atoms with Crippen LogP contribution in [-0.4, -0.2) is 14.5 Å². The number of aromatic nitrogens is 3.